The molecule has 15 heavy (non-hydrogen) atoms. The van der Waals surface area contributed by atoms with Crippen LogP contribution in [0.1, 0.15) is 13.8 Å². The molecule has 0 aliphatic carbocycles. The lowest BCUT2D eigenvalue weighted by Gasteiger charge is -2.09. The highest BCUT2D eigenvalue weighted by Crippen LogP contribution is 2.09. The summed E-state index contributed by atoms with van der Waals surface area (Å²) in [6.07, 6.45) is 1.68. The Hall–Kier alpha value is -1.10. The fraction of sp³-hybridized carbons (Fsp3) is 0.400. The minimum atomic E-state index is -0.0327. The van der Waals surface area contributed by atoms with Crippen molar-refractivity contribution in [1.29, 1.82) is 0 Å². The summed E-state index contributed by atoms with van der Waals surface area (Å²) in [5.74, 6) is 0.659. The van der Waals surface area contributed by atoms with Gasteiger partial charge in [-0.05, 0) is 41.9 Å². The number of halogens is 1. The molecule has 1 aromatic rings. The first kappa shape index (κ1) is 12.0. The summed E-state index contributed by atoms with van der Waals surface area (Å²) in [7, 11) is 0. The molecular formula is C10H14BrN3O. The van der Waals surface area contributed by atoms with E-state index in [0.29, 0.717) is 5.82 Å². The summed E-state index contributed by atoms with van der Waals surface area (Å²) >= 11 is 3.29. The molecule has 0 aliphatic rings. The van der Waals surface area contributed by atoms with Gasteiger partial charge in [0.15, 0.2) is 0 Å². The predicted octanol–water partition coefficient (Wildman–Crippen LogP) is 1.78. The van der Waals surface area contributed by atoms with Gasteiger partial charge in [0.1, 0.15) is 5.82 Å². The number of carbonyl (C=O) groups excluding carboxylic acids is 1. The number of nitrogens with one attached hydrogen (secondary N) is 2. The number of pyridine rings is 1. The van der Waals surface area contributed by atoms with E-state index in [-0.39, 0.29) is 18.5 Å². The van der Waals surface area contributed by atoms with Crippen molar-refractivity contribution in [2.75, 3.05) is 11.9 Å². The van der Waals surface area contributed by atoms with E-state index in [4.69, 9.17) is 0 Å². The molecule has 2 N–H and O–H groups in total. The molecule has 0 aliphatic heterocycles. The van der Waals surface area contributed by atoms with Crippen LogP contribution in [0.2, 0.25) is 0 Å². The maximum absolute atomic E-state index is 11.3. The Kier molecular flexibility index (Phi) is 4.55. The number of amides is 1. The summed E-state index contributed by atoms with van der Waals surface area (Å²) in [5, 5.41) is 5.72. The Morgan fingerprint density at radius 1 is 1.53 bits per heavy atom. The number of nitrogens with zero attached hydrogens (tertiary/aromatic N) is 1. The Morgan fingerprint density at radius 3 is 2.80 bits per heavy atom. The largest absolute Gasteiger partial charge is 0.361 e. The molecule has 0 saturated carbocycles. The minimum Gasteiger partial charge on any atom is -0.361 e. The normalized spacial score (nSPS) is 10.1. The second-order valence-electron chi connectivity index (χ2n) is 3.44. The number of rotatable bonds is 4. The molecular weight excluding hydrogens is 258 g/mol. The maximum atomic E-state index is 11.3. The zero-order valence-electron chi connectivity index (χ0n) is 8.75. The van der Waals surface area contributed by atoms with E-state index in [9.17, 15) is 4.79 Å². The van der Waals surface area contributed by atoms with Gasteiger partial charge in [0.2, 0.25) is 5.91 Å². The topological polar surface area (TPSA) is 54.0 Å². The van der Waals surface area contributed by atoms with Crippen molar-refractivity contribution in [2.45, 2.75) is 19.9 Å². The lowest BCUT2D eigenvalue weighted by atomic mass is 10.4. The van der Waals surface area contributed by atoms with E-state index in [1.165, 1.54) is 0 Å². The standard InChI is InChI=1S/C10H14BrN3O/c1-7(2)14-10(15)6-13-9-4-3-8(11)5-12-9/h3-5,7H,6H2,1-2H3,(H,12,13)(H,14,15). The van der Waals surface area contributed by atoms with Crippen molar-refractivity contribution in [1.82, 2.24) is 10.3 Å². The zero-order chi connectivity index (χ0) is 11.3. The van der Waals surface area contributed by atoms with E-state index < -0.39 is 0 Å². The molecule has 4 nitrogen and oxygen atoms in total. The van der Waals surface area contributed by atoms with E-state index >= 15 is 0 Å². The minimum absolute atomic E-state index is 0.0327. The Labute approximate surface area is 97.6 Å². The molecule has 1 heterocycles. The SMILES string of the molecule is CC(C)NC(=O)CNc1ccc(Br)cn1. The van der Waals surface area contributed by atoms with Crippen LogP contribution in [0.5, 0.6) is 0 Å². The number of aromatic nitrogens is 1. The summed E-state index contributed by atoms with van der Waals surface area (Å²) in [6, 6.07) is 3.85. The Balaban J connectivity index is 2.37. The van der Waals surface area contributed by atoms with Gasteiger partial charge >= 0.3 is 0 Å². The van der Waals surface area contributed by atoms with E-state index in [1.54, 1.807) is 6.20 Å². The molecule has 0 atom stereocenters. The molecule has 0 aromatic carbocycles. The van der Waals surface area contributed by atoms with Crippen LogP contribution in [0, 0.1) is 0 Å². The van der Waals surface area contributed by atoms with Gasteiger partial charge in [-0.3, -0.25) is 4.79 Å². The van der Waals surface area contributed by atoms with Gasteiger partial charge in [-0.25, -0.2) is 4.98 Å². The molecule has 0 spiro atoms. The maximum Gasteiger partial charge on any atom is 0.239 e. The van der Waals surface area contributed by atoms with E-state index in [2.05, 4.69) is 31.5 Å². The van der Waals surface area contributed by atoms with Crippen molar-refractivity contribution in [2.24, 2.45) is 0 Å². The average Bonchev–Trinajstić information content (AvgIpc) is 2.16. The van der Waals surface area contributed by atoms with Crippen LogP contribution in [0.15, 0.2) is 22.8 Å². The summed E-state index contributed by atoms with van der Waals surface area (Å²) in [4.78, 5) is 15.4. The highest BCUT2D eigenvalue weighted by atomic mass is 79.9. The van der Waals surface area contributed by atoms with Gasteiger partial charge in [-0.15, -0.1) is 0 Å². The Bertz CT molecular complexity index is 324. The molecule has 82 valence electrons. The lowest BCUT2D eigenvalue weighted by Crippen LogP contribution is -2.34. The number of carbonyl (C=O) groups is 1. The zero-order valence-corrected chi connectivity index (χ0v) is 10.3. The third-order valence-electron chi connectivity index (χ3n) is 1.61. The van der Waals surface area contributed by atoms with Crippen LogP contribution in [0.4, 0.5) is 5.82 Å². The molecule has 0 fully saturated rings. The fourth-order valence-electron chi connectivity index (χ4n) is 1.02. The first-order valence-corrected chi connectivity index (χ1v) is 5.52. The second-order valence-corrected chi connectivity index (χ2v) is 4.35. The molecule has 5 heteroatoms. The molecule has 0 unspecified atom stereocenters. The van der Waals surface area contributed by atoms with Crippen LogP contribution in [-0.4, -0.2) is 23.5 Å². The van der Waals surface area contributed by atoms with Crippen LogP contribution in [-0.2, 0) is 4.79 Å². The van der Waals surface area contributed by atoms with Crippen molar-refractivity contribution in [3.8, 4) is 0 Å². The average molecular weight is 272 g/mol. The monoisotopic (exact) mass is 271 g/mol. The number of anilines is 1. The summed E-state index contributed by atoms with van der Waals surface area (Å²) < 4.78 is 0.916. The van der Waals surface area contributed by atoms with Gasteiger partial charge in [0, 0.05) is 16.7 Å². The van der Waals surface area contributed by atoms with Gasteiger partial charge in [0.05, 0.1) is 6.54 Å². The molecule has 1 rings (SSSR count). The molecule has 0 bridgehead atoms. The molecule has 1 amide bonds. The quantitative estimate of drug-likeness (QED) is 0.878. The highest BCUT2D eigenvalue weighted by Gasteiger charge is 2.02. The van der Waals surface area contributed by atoms with Crippen LogP contribution in [0.25, 0.3) is 0 Å². The van der Waals surface area contributed by atoms with Gasteiger partial charge in [-0.1, -0.05) is 0 Å². The summed E-state index contributed by atoms with van der Waals surface area (Å²) in [5.41, 5.74) is 0. The Morgan fingerprint density at radius 2 is 2.27 bits per heavy atom. The van der Waals surface area contributed by atoms with Crippen molar-refractivity contribution >= 4 is 27.7 Å². The van der Waals surface area contributed by atoms with Gasteiger partial charge in [-0.2, -0.15) is 0 Å². The lowest BCUT2D eigenvalue weighted by molar-refractivity contribution is -0.119. The van der Waals surface area contributed by atoms with Gasteiger partial charge in [0.25, 0.3) is 0 Å². The molecule has 0 saturated heterocycles. The fourth-order valence-corrected chi connectivity index (χ4v) is 1.26. The van der Waals surface area contributed by atoms with E-state index in [1.807, 2.05) is 26.0 Å². The third kappa shape index (κ3) is 4.78. The smallest absolute Gasteiger partial charge is 0.239 e. The first-order chi connectivity index (χ1) is 7.08. The second kappa shape index (κ2) is 5.70. The van der Waals surface area contributed by atoms with Crippen molar-refractivity contribution in [3.05, 3.63) is 22.8 Å². The third-order valence-corrected chi connectivity index (χ3v) is 2.08. The van der Waals surface area contributed by atoms with Gasteiger partial charge < -0.3 is 10.6 Å². The van der Waals surface area contributed by atoms with Crippen LogP contribution in [0.3, 0.4) is 0 Å². The predicted molar refractivity (Wildman–Crippen MR) is 63.7 cm³/mol. The highest BCUT2D eigenvalue weighted by molar-refractivity contribution is 9.10. The molecule has 1 aromatic heterocycles. The van der Waals surface area contributed by atoms with Crippen molar-refractivity contribution < 1.29 is 4.79 Å². The first-order valence-electron chi connectivity index (χ1n) is 4.72. The van der Waals surface area contributed by atoms with Crippen LogP contribution < -0.4 is 10.6 Å². The van der Waals surface area contributed by atoms with Crippen LogP contribution >= 0.6 is 15.9 Å². The summed E-state index contributed by atoms with van der Waals surface area (Å²) in [6.45, 7) is 4.10. The van der Waals surface area contributed by atoms with E-state index in [0.717, 1.165) is 4.47 Å². The number of hydrogen-bond acceptors (Lipinski definition) is 3. The number of hydrogen-bond donors (Lipinski definition) is 2. The molecule has 0 radical (unpaired) electrons. The van der Waals surface area contributed by atoms with Crippen molar-refractivity contribution in [3.63, 3.8) is 0 Å².